The largest absolute Gasteiger partial charge is 0.480 e. The van der Waals surface area contributed by atoms with Gasteiger partial charge >= 0.3 is 5.97 Å². The fraction of sp³-hybridized carbons (Fsp3) is 0.857. The number of carboxylic acids is 1. The van der Waals surface area contributed by atoms with Gasteiger partial charge in [-0.25, -0.2) is 0 Å². The molecule has 0 bridgehead atoms. The fourth-order valence-electron chi connectivity index (χ4n) is 1.15. The first-order chi connectivity index (χ1) is 4.76. The number of nitrogens with zero attached hydrogens (tertiary/aromatic N) is 1. The van der Waals surface area contributed by atoms with Crippen LogP contribution >= 0.6 is 0 Å². The molecule has 0 rings (SSSR count). The van der Waals surface area contributed by atoms with Gasteiger partial charge in [-0.3, -0.25) is 9.69 Å². The molecule has 66 valence electrons. The number of rotatable bonds is 3. The summed E-state index contributed by atoms with van der Waals surface area (Å²) in [6, 6.07) is -0.859. The van der Waals surface area contributed by atoms with Gasteiger partial charge < -0.3 is 10.2 Å². The van der Waals surface area contributed by atoms with Crippen LogP contribution < -0.4 is 0 Å². The van der Waals surface area contributed by atoms with Gasteiger partial charge in [0.05, 0.1) is 5.60 Å². The molecule has 1 atom stereocenters. The summed E-state index contributed by atoms with van der Waals surface area (Å²) in [7, 11) is 3.24. The van der Waals surface area contributed by atoms with Crippen molar-refractivity contribution in [1.29, 1.82) is 0 Å². The summed E-state index contributed by atoms with van der Waals surface area (Å²) in [6.45, 7) is 2.96. The molecule has 0 saturated heterocycles. The molecule has 0 aliphatic rings. The van der Waals surface area contributed by atoms with E-state index >= 15 is 0 Å². The summed E-state index contributed by atoms with van der Waals surface area (Å²) in [5.41, 5.74) is -1.21. The number of carbonyl (C=O) groups is 1. The highest BCUT2D eigenvalue weighted by atomic mass is 16.4. The predicted molar refractivity (Wildman–Crippen MR) is 41.4 cm³/mol. The van der Waals surface area contributed by atoms with Crippen molar-refractivity contribution in [1.82, 2.24) is 4.90 Å². The van der Waals surface area contributed by atoms with Gasteiger partial charge in [-0.1, -0.05) is 0 Å². The van der Waals surface area contributed by atoms with E-state index in [1.165, 1.54) is 18.7 Å². The second-order valence-electron chi connectivity index (χ2n) is 3.36. The monoisotopic (exact) mass is 161 g/mol. The predicted octanol–water partition coefficient (Wildman–Crippen LogP) is -0.228. The van der Waals surface area contributed by atoms with E-state index < -0.39 is 17.6 Å². The van der Waals surface area contributed by atoms with Crippen molar-refractivity contribution < 1.29 is 15.0 Å². The molecule has 0 heterocycles. The number of hydrogen-bond acceptors (Lipinski definition) is 3. The molecule has 2 N–H and O–H groups in total. The van der Waals surface area contributed by atoms with Gasteiger partial charge in [-0.2, -0.15) is 0 Å². The molecular weight excluding hydrogens is 146 g/mol. The molecule has 0 aromatic carbocycles. The SMILES string of the molecule is CN(C)C(C(=O)O)C(C)(C)O. The lowest BCUT2D eigenvalue weighted by atomic mass is 9.98. The van der Waals surface area contributed by atoms with E-state index in [0.29, 0.717) is 0 Å². The van der Waals surface area contributed by atoms with Gasteiger partial charge in [0.2, 0.25) is 0 Å². The van der Waals surface area contributed by atoms with E-state index in [1.54, 1.807) is 14.1 Å². The summed E-state index contributed by atoms with van der Waals surface area (Å²) < 4.78 is 0. The minimum absolute atomic E-state index is 0.859. The summed E-state index contributed by atoms with van der Waals surface area (Å²) in [6.07, 6.45) is 0. The summed E-state index contributed by atoms with van der Waals surface area (Å²) in [4.78, 5) is 12.1. The minimum Gasteiger partial charge on any atom is -0.480 e. The maximum atomic E-state index is 10.6. The van der Waals surface area contributed by atoms with Crippen molar-refractivity contribution in [3.8, 4) is 0 Å². The van der Waals surface area contributed by atoms with Crippen LogP contribution in [0.3, 0.4) is 0 Å². The maximum absolute atomic E-state index is 10.6. The lowest BCUT2D eigenvalue weighted by molar-refractivity contribution is -0.150. The van der Waals surface area contributed by atoms with E-state index in [1.807, 2.05) is 0 Å². The fourth-order valence-corrected chi connectivity index (χ4v) is 1.15. The molecule has 0 spiro atoms. The van der Waals surface area contributed by atoms with Crippen molar-refractivity contribution in [2.24, 2.45) is 0 Å². The Balaban J connectivity index is 4.49. The van der Waals surface area contributed by atoms with Crippen molar-refractivity contribution in [2.75, 3.05) is 14.1 Å². The molecule has 0 amide bonds. The van der Waals surface area contributed by atoms with Crippen LogP contribution in [0.25, 0.3) is 0 Å². The van der Waals surface area contributed by atoms with Crippen molar-refractivity contribution >= 4 is 5.97 Å². The van der Waals surface area contributed by atoms with Gasteiger partial charge in [-0.05, 0) is 27.9 Å². The molecule has 1 unspecified atom stereocenters. The zero-order valence-corrected chi connectivity index (χ0v) is 7.33. The van der Waals surface area contributed by atoms with E-state index in [-0.39, 0.29) is 0 Å². The minimum atomic E-state index is -1.21. The van der Waals surface area contributed by atoms with Gasteiger partial charge in [0, 0.05) is 0 Å². The normalized spacial score (nSPS) is 15.1. The molecular formula is C7H15NO3. The average molecular weight is 161 g/mol. The van der Waals surface area contributed by atoms with Crippen LogP contribution in [0, 0.1) is 0 Å². The van der Waals surface area contributed by atoms with Crippen LogP contribution in [-0.2, 0) is 4.79 Å². The molecule has 0 aliphatic heterocycles. The topological polar surface area (TPSA) is 60.8 Å². The van der Waals surface area contributed by atoms with Gasteiger partial charge in [-0.15, -0.1) is 0 Å². The zero-order chi connectivity index (χ0) is 9.23. The van der Waals surface area contributed by atoms with Crippen molar-refractivity contribution in [3.63, 3.8) is 0 Å². The summed E-state index contributed by atoms with van der Waals surface area (Å²) in [5.74, 6) is -1.01. The Morgan fingerprint density at radius 2 is 1.82 bits per heavy atom. The Labute approximate surface area is 66.4 Å². The van der Waals surface area contributed by atoms with Crippen LogP contribution in [0.4, 0.5) is 0 Å². The first-order valence-corrected chi connectivity index (χ1v) is 3.38. The Morgan fingerprint density at radius 3 is 1.82 bits per heavy atom. The highest BCUT2D eigenvalue weighted by molar-refractivity contribution is 5.74. The van der Waals surface area contributed by atoms with E-state index in [4.69, 9.17) is 5.11 Å². The molecule has 4 nitrogen and oxygen atoms in total. The third-order valence-electron chi connectivity index (χ3n) is 1.42. The summed E-state index contributed by atoms with van der Waals surface area (Å²) >= 11 is 0. The van der Waals surface area contributed by atoms with Gasteiger partial charge in [0.15, 0.2) is 0 Å². The standard InChI is InChI=1S/C7H15NO3/c1-7(2,11)5(6(9)10)8(3)4/h5,11H,1-4H3,(H,9,10). The number of aliphatic carboxylic acids is 1. The van der Waals surface area contributed by atoms with Crippen LogP contribution in [0.5, 0.6) is 0 Å². The highest BCUT2D eigenvalue weighted by Crippen LogP contribution is 2.12. The number of carboxylic acid groups (broad SMARTS) is 1. The van der Waals surface area contributed by atoms with Crippen LogP contribution in [0.15, 0.2) is 0 Å². The first kappa shape index (κ1) is 10.4. The number of aliphatic hydroxyl groups is 1. The highest BCUT2D eigenvalue weighted by Gasteiger charge is 2.34. The average Bonchev–Trinajstić information content (AvgIpc) is 1.54. The molecule has 0 aromatic rings. The molecule has 4 heteroatoms. The Morgan fingerprint density at radius 1 is 1.45 bits per heavy atom. The Kier molecular flexibility index (Phi) is 3.02. The van der Waals surface area contributed by atoms with Crippen LogP contribution in [-0.4, -0.2) is 46.8 Å². The van der Waals surface area contributed by atoms with Gasteiger partial charge in [0.1, 0.15) is 6.04 Å². The number of likely N-dealkylation sites (N-methyl/N-ethyl adjacent to an activating group) is 1. The quantitative estimate of drug-likeness (QED) is 0.600. The second-order valence-corrected chi connectivity index (χ2v) is 3.36. The molecule has 0 aromatic heterocycles. The van der Waals surface area contributed by atoms with E-state index in [9.17, 15) is 9.90 Å². The third kappa shape index (κ3) is 2.86. The first-order valence-electron chi connectivity index (χ1n) is 3.38. The maximum Gasteiger partial charge on any atom is 0.323 e. The van der Waals surface area contributed by atoms with Crippen LogP contribution in [0.1, 0.15) is 13.8 Å². The smallest absolute Gasteiger partial charge is 0.323 e. The Hall–Kier alpha value is -0.610. The Bertz CT molecular complexity index is 148. The van der Waals surface area contributed by atoms with Crippen molar-refractivity contribution in [3.05, 3.63) is 0 Å². The molecule has 11 heavy (non-hydrogen) atoms. The summed E-state index contributed by atoms with van der Waals surface area (Å²) in [5, 5.41) is 18.1. The number of hydrogen-bond donors (Lipinski definition) is 2. The lowest BCUT2D eigenvalue weighted by Gasteiger charge is -2.30. The molecule has 0 saturated carbocycles. The molecule has 0 fully saturated rings. The third-order valence-corrected chi connectivity index (χ3v) is 1.42. The van der Waals surface area contributed by atoms with E-state index in [2.05, 4.69) is 0 Å². The van der Waals surface area contributed by atoms with Gasteiger partial charge in [0.25, 0.3) is 0 Å². The molecule has 0 aliphatic carbocycles. The van der Waals surface area contributed by atoms with Crippen LogP contribution in [0.2, 0.25) is 0 Å². The second kappa shape index (κ2) is 3.19. The zero-order valence-electron chi connectivity index (χ0n) is 7.33. The lowest BCUT2D eigenvalue weighted by Crippen LogP contribution is -2.51. The van der Waals surface area contributed by atoms with E-state index in [0.717, 1.165) is 0 Å². The molecule has 0 radical (unpaired) electrons. The van der Waals surface area contributed by atoms with Crippen molar-refractivity contribution in [2.45, 2.75) is 25.5 Å².